The molecule has 0 atom stereocenters. The maximum Gasteiger partial charge on any atom is 0.284 e. The van der Waals surface area contributed by atoms with Crippen molar-refractivity contribution in [3.63, 3.8) is 0 Å². The van der Waals surface area contributed by atoms with Gasteiger partial charge in [-0.15, -0.1) is 0 Å². The summed E-state index contributed by atoms with van der Waals surface area (Å²) >= 11 is 4.62. The molecule has 1 aromatic carbocycles. The summed E-state index contributed by atoms with van der Waals surface area (Å²) in [5.41, 5.74) is 0.942. The lowest BCUT2D eigenvalue weighted by Crippen LogP contribution is -1.87. The van der Waals surface area contributed by atoms with Crippen molar-refractivity contribution < 1.29 is 4.79 Å². The molecule has 0 saturated carbocycles. The molecular weight excluding hydrogens is 300 g/mol. The Morgan fingerprint density at radius 3 is 2.76 bits per heavy atom. The first kappa shape index (κ1) is 12.1. The molecule has 5 heteroatoms. The Bertz CT molecular complexity index is 555. The number of rotatable bonds is 2. The molecule has 2 rings (SSSR count). The molecule has 0 radical (unpaired) electrons. The first-order valence-corrected chi connectivity index (χ1v) is 6.44. The Kier molecular flexibility index (Phi) is 3.77. The molecular formula is C12H7BrN2OS. The molecule has 17 heavy (non-hydrogen) atoms. The molecule has 1 aliphatic heterocycles. The number of aliphatic imine (C=N–C) groups is 1. The summed E-state index contributed by atoms with van der Waals surface area (Å²) < 4.78 is 0.992. The lowest BCUT2D eigenvalue weighted by atomic mass is 10.2. The van der Waals surface area contributed by atoms with Gasteiger partial charge in [0.25, 0.3) is 5.91 Å². The zero-order valence-electron chi connectivity index (χ0n) is 8.68. The lowest BCUT2D eigenvalue weighted by molar-refractivity contribution is -0.113. The summed E-state index contributed by atoms with van der Waals surface area (Å²) in [6.07, 6.45) is 1.97. The average Bonchev–Trinajstić information content (AvgIpc) is 2.63. The van der Waals surface area contributed by atoms with Crippen LogP contribution >= 0.6 is 27.7 Å². The van der Waals surface area contributed by atoms with E-state index in [-0.39, 0.29) is 12.3 Å². The third-order valence-electron chi connectivity index (χ3n) is 2.06. The third-order valence-corrected chi connectivity index (χ3v) is 3.58. The number of carbonyl (C=O) groups is 1. The predicted molar refractivity (Wildman–Crippen MR) is 72.4 cm³/mol. The van der Waals surface area contributed by atoms with Crippen LogP contribution in [0, 0.1) is 11.3 Å². The van der Waals surface area contributed by atoms with Gasteiger partial charge in [0.2, 0.25) is 0 Å². The maximum atomic E-state index is 11.5. The van der Waals surface area contributed by atoms with Gasteiger partial charge in [0, 0.05) is 4.47 Å². The Labute approximate surface area is 111 Å². The van der Waals surface area contributed by atoms with E-state index in [0.717, 1.165) is 10.0 Å². The highest BCUT2D eigenvalue weighted by Crippen LogP contribution is 2.29. The number of benzene rings is 1. The standard InChI is InChI=1S/C12H7BrN2OS/c13-9-3-1-8(2-4-9)7-10-12(16)15-11(17-10)5-6-14/h1-4,7H,5H2/b10-7-. The van der Waals surface area contributed by atoms with E-state index in [2.05, 4.69) is 20.9 Å². The second kappa shape index (κ2) is 5.30. The van der Waals surface area contributed by atoms with Crippen molar-refractivity contribution in [2.45, 2.75) is 6.42 Å². The highest BCUT2D eigenvalue weighted by Gasteiger charge is 2.21. The molecule has 0 spiro atoms. The van der Waals surface area contributed by atoms with E-state index in [4.69, 9.17) is 5.26 Å². The van der Waals surface area contributed by atoms with Gasteiger partial charge in [-0.05, 0) is 23.8 Å². The second-order valence-electron chi connectivity index (χ2n) is 3.31. The number of amides is 1. The van der Waals surface area contributed by atoms with Crippen LogP contribution in [0.5, 0.6) is 0 Å². The molecule has 3 nitrogen and oxygen atoms in total. The van der Waals surface area contributed by atoms with Crippen molar-refractivity contribution in [1.82, 2.24) is 0 Å². The quantitative estimate of drug-likeness (QED) is 0.787. The summed E-state index contributed by atoms with van der Waals surface area (Å²) in [5, 5.41) is 9.11. The van der Waals surface area contributed by atoms with Crippen molar-refractivity contribution in [3.8, 4) is 6.07 Å². The van der Waals surface area contributed by atoms with Crippen LogP contribution in [-0.4, -0.2) is 11.0 Å². The van der Waals surface area contributed by atoms with Crippen LogP contribution < -0.4 is 0 Å². The van der Waals surface area contributed by atoms with Crippen molar-refractivity contribution in [1.29, 1.82) is 5.26 Å². The minimum absolute atomic E-state index is 0.189. The van der Waals surface area contributed by atoms with Gasteiger partial charge in [0.15, 0.2) is 0 Å². The molecule has 0 N–H and O–H groups in total. The molecule has 1 heterocycles. The summed E-state index contributed by atoms with van der Waals surface area (Å²) in [5.74, 6) is -0.261. The SMILES string of the molecule is N#CCC1=NC(=O)/C(=C/c2ccc(Br)cc2)S1. The van der Waals surface area contributed by atoms with E-state index in [1.165, 1.54) is 11.8 Å². The Hall–Kier alpha value is -1.38. The normalized spacial score (nSPS) is 17.1. The van der Waals surface area contributed by atoms with Gasteiger partial charge in [0.1, 0.15) is 0 Å². The van der Waals surface area contributed by atoms with E-state index in [1.807, 2.05) is 30.3 Å². The van der Waals surface area contributed by atoms with E-state index in [1.54, 1.807) is 6.08 Å². The molecule has 0 saturated heterocycles. The molecule has 0 fully saturated rings. The van der Waals surface area contributed by atoms with Crippen LogP contribution in [0.15, 0.2) is 38.6 Å². The zero-order chi connectivity index (χ0) is 12.3. The van der Waals surface area contributed by atoms with Crippen molar-refractivity contribution in [2.24, 2.45) is 4.99 Å². The number of carbonyl (C=O) groups excluding carboxylic acids is 1. The zero-order valence-corrected chi connectivity index (χ0v) is 11.1. The van der Waals surface area contributed by atoms with Crippen LogP contribution in [0.25, 0.3) is 6.08 Å². The van der Waals surface area contributed by atoms with E-state index < -0.39 is 0 Å². The van der Waals surface area contributed by atoms with Crippen molar-refractivity contribution >= 4 is 44.7 Å². The number of hydrogen-bond acceptors (Lipinski definition) is 3. The fourth-order valence-electron chi connectivity index (χ4n) is 1.31. The molecule has 1 aromatic rings. The highest BCUT2D eigenvalue weighted by atomic mass is 79.9. The van der Waals surface area contributed by atoms with E-state index in [0.29, 0.717) is 9.95 Å². The largest absolute Gasteiger partial charge is 0.284 e. The topological polar surface area (TPSA) is 53.2 Å². The van der Waals surface area contributed by atoms with Gasteiger partial charge in [0.05, 0.1) is 22.4 Å². The second-order valence-corrected chi connectivity index (χ2v) is 5.34. The van der Waals surface area contributed by atoms with Crippen LogP contribution in [0.3, 0.4) is 0 Å². The summed E-state index contributed by atoms with van der Waals surface area (Å²) in [4.78, 5) is 15.9. The Balaban J connectivity index is 2.18. The number of hydrogen-bond donors (Lipinski definition) is 0. The number of nitriles is 1. The summed E-state index contributed by atoms with van der Waals surface area (Å²) in [6, 6.07) is 9.63. The third kappa shape index (κ3) is 3.05. The Morgan fingerprint density at radius 2 is 2.12 bits per heavy atom. The summed E-state index contributed by atoms with van der Waals surface area (Å²) in [7, 11) is 0. The van der Waals surface area contributed by atoms with Crippen molar-refractivity contribution in [2.75, 3.05) is 0 Å². The fraction of sp³-hybridized carbons (Fsp3) is 0.0833. The first-order chi connectivity index (χ1) is 8.19. The first-order valence-electron chi connectivity index (χ1n) is 4.83. The molecule has 0 aromatic heterocycles. The van der Waals surface area contributed by atoms with Gasteiger partial charge >= 0.3 is 0 Å². The Morgan fingerprint density at radius 1 is 1.41 bits per heavy atom. The van der Waals surface area contributed by atoms with E-state index in [9.17, 15) is 4.79 Å². The average molecular weight is 307 g/mol. The van der Waals surface area contributed by atoms with Crippen LogP contribution in [0.4, 0.5) is 0 Å². The van der Waals surface area contributed by atoms with Gasteiger partial charge in [-0.3, -0.25) is 4.79 Å². The monoisotopic (exact) mass is 306 g/mol. The molecule has 1 amide bonds. The van der Waals surface area contributed by atoms with Gasteiger partial charge in [-0.25, -0.2) is 4.99 Å². The molecule has 0 unspecified atom stereocenters. The number of thioether (sulfide) groups is 1. The molecule has 0 aliphatic carbocycles. The fourth-order valence-corrected chi connectivity index (χ4v) is 2.42. The maximum absolute atomic E-state index is 11.5. The summed E-state index contributed by atoms with van der Waals surface area (Å²) in [6.45, 7) is 0. The van der Waals surface area contributed by atoms with Gasteiger partial charge in [-0.1, -0.05) is 39.8 Å². The number of nitrogens with zero attached hydrogens (tertiary/aromatic N) is 2. The molecule has 0 bridgehead atoms. The van der Waals surface area contributed by atoms with Crippen molar-refractivity contribution in [3.05, 3.63) is 39.2 Å². The van der Waals surface area contributed by atoms with Crippen LogP contribution in [0.2, 0.25) is 0 Å². The number of halogens is 1. The highest BCUT2D eigenvalue weighted by molar-refractivity contribution is 9.10. The van der Waals surface area contributed by atoms with Gasteiger partial charge in [-0.2, -0.15) is 5.26 Å². The minimum atomic E-state index is -0.261. The molecule has 1 aliphatic rings. The van der Waals surface area contributed by atoms with Gasteiger partial charge < -0.3 is 0 Å². The lowest BCUT2D eigenvalue weighted by Gasteiger charge is -1.96. The smallest absolute Gasteiger partial charge is 0.266 e. The van der Waals surface area contributed by atoms with E-state index >= 15 is 0 Å². The van der Waals surface area contributed by atoms with Crippen LogP contribution in [0.1, 0.15) is 12.0 Å². The molecule has 84 valence electrons. The predicted octanol–water partition coefficient (Wildman–Crippen LogP) is 3.38. The minimum Gasteiger partial charge on any atom is -0.266 e. The van der Waals surface area contributed by atoms with Crippen LogP contribution in [-0.2, 0) is 4.79 Å².